The van der Waals surface area contributed by atoms with E-state index in [1.54, 1.807) is 24.3 Å². The van der Waals surface area contributed by atoms with Crippen molar-refractivity contribution in [3.05, 3.63) is 65.7 Å². The fourth-order valence-corrected chi connectivity index (χ4v) is 2.32. The van der Waals surface area contributed by atoms with Crippen molar-refractivity contribution in [3.8, 4) is 5.75 Å². The topological polar surface area (TPSA) is 67.4 Å². The molecule has 0 aliphatic carbocycles. The average molecular weight is 326 g/mol. The van der Waals surface area contributed by atoms with Gasteiger partial charge in [-0.1, -0.05) is 42.5 Å². The number of carbonyl (C=O) groups excluding carboxylic acids is 2. The van der Waals surface area contributed by atoms with Crippen LogP contribution in [0.25, 0.3) is 0 Å². The van der Waals surface area contributed by atoms with Crippen LogP contribution >= 0.6 is 0 Å². The fourth-order valence-electron chi connectivity index (χ4n) is 2.32. The number of benzene rings is 2. The molecule has 0 saturated heterocycles. The molecule has 126 valence electrons. The first-order valence-electron chi connectivity index (χ1n) is 7.92. The van der Waals surface area contributed by atoms with Gasteiger partial charge in [0.25, 0.3) is 5.91 Å². The summed E-state index contributed by atoms with van der Waals surface area (Å²) in [5.74, 6) is -0.0449. The van der Waals surface area contributed by atoms with Crippen molar-refractivity contribution in [1.29, 1.82) is 0 Å². The van der Waals surface area contributed by atoms with Crippen molar-refractivity contribution in [2.24, 2.45) is 0 Å². The number of methoxy groups -OCH3 is 1. The molecule has 2 aromatic rings. The number of aryl methyl sites for hydroxylation is 1. The van der Waals surface area contributed by atoms with Gasteiger partial charge < -0.3 is 15.4 Å². The molecule has 0 saturated carbocycles. The number of amides is 2. The van der Waals surface area contributed by atoms with Crippen molar-refractivity contribution < 1.29 is 14.3 Å². The van der Waals surface area contributed by atoms with Gasteiger partial charge in [-0.2, -0.15) is 0 Å². The van der Waals surface area contributed by atoms with Crippen LogP contribution in [-0.2, 0) is 11.2 Å². The number of hydrogen-bond acceptors (Lipinski definition) is 3. The molecule has 0 fully saturated rings. The van der Waals surface area contributed by atoms with Crippen LogP contribution in [0.3, 0.4) is 0 Å². The highest BCUT2D eigenvalue weighted by Crippen LogP contribution is 2.16. The smallest absolute Gasteiger partial charge is 0.255 e. The van der Waals surface area contributed by atoms with Crippen LogP contribution in [0, 0.1) is 0 Å². The fraction of sp³-hybridized carbons (Fsp3) is 0.263. The van der Waals surface area contributed by atoms with E-state index in [9.17, 15) is 9.59 Å². The summed E-state index contributed by atoms with van der Waals surface area (Å²) in [6.45, 7) is 0.528. The first-order chi connectivity index (χ1) is 11.7. The van der Waals surface area contributed by atoms with Gasteiger partial charge in [0, 0.05) is 6.54 Å². The zero-order valence-electron chi connectivity index (χ0n) is 13.7. The maximum Gasteiger partial charge on any atom is 0.255 e. The molecular weight excluding hydrogens is 304 g/mol. The minimum atomic E-state index is -0.327. The predicted octanol–water partition coefficient (Wildman–Crippen LogP) is 2.17. The second-order valence-electron chi connectivity index (χ2n) is 5.32. The van der Waals surface area contributed by atoms with Gasteiger partial charge in [0.15, 0.2) is 0 Å². The van der Waals surface area contributed by atoms with Crippen molar-refractivity contribution in [1.82, 2.24) is 10.6 Å². The molecule has 2 aromatic carbocycles. The number of nitrogens with one attached hydrogen (secondary N) is 2. The van der Waals surface area contributed by atoms with Crippen LogP contribution in [0.1, 0.15) is 22.3 Å². The molecule has 2 N–H and O–H groups in total. The van der Waals surface area contributed by atoms with Crippen LogP contribution in [0.4, 0.5) is 0 Å². The summed E-state index contributed by atoms with van der Waals surface area (Å²) in [5, 5.41) is 5.40. The van der Waals surface area contributed by atoms with Crippen molar-refractivity contribution in [2.75, 3.05) is 20.2 Å². The van der Waals surface area contributed by atoms with E-state index in [0.717, 1.165) is 12.8 Å². The quantitative estimate of drug-likeness (QED) is 0.731. The third kappa shape index (κ3) is 5.43. The van der Waals surface area contributed by atoms with E-state index in [-0.39, 0.29) is 18.4 Å². The van der Waals surface area contributed by atoms with Crippen LogP contribution < -0.4 is 15.4 Å². The van der Waals surface area contributed by atoms with Crippen molar-refractivity contribution in [3.63, 3.8) is 0 Å². The Hall–Kier alpha value is -2.82. The number of para-hydroxylation sites is 1. The minimum absolute atomic E-state index is 0.0534. The summed E-state index contributed by atoms with van der Waals surface area (Å²) in [7, 11) is 1.51. The lowest BCUT2D eigenvalue weighted by Crippen LogP contribution is -2.37. The molecule has 0 aromatic heterocycles. The second kappa shape index (κ2) is 9.35. The van der Waals surface area contributed by atoms with Gasteiger partial charge in [0.05, 0.1) is 19.2 Å². The molecule has 0 heterocycles. The maximum absolute atomic E-state index is 12.1. The number of hydrogen-bond donors (Lipinski definition) is 2. The van der Waals surface area contributed by atoms with E-state index in [1.165, 1.54) is 12.7 Å². The van der Waals surface area contributed by atoms with Gasteiger partial charge in [-0.3, -0.25) is 9.59 Å². The maximum atomic E-state index is 12.1. The molecule has 2 rings (SSSR count). The molecule has 0 spiro atoms. The van der Waals surface area contributed by atoms with E-state index < -0.39 is 0 Å². The Balaban J connectivity index is 1.68. The summed E-state index contributed by atoms with van der Waals surface area (Å²) < 4.78 is 5.13. The largest absolute Gasteiger partial charge is 0.496 e. The van der Waals surface area contributed by atoms with Gasteiger partial charge in [0.1, 0.15) is 5.75 Å². The Labute approximate surface area is 142 Å². The lowest BCUT2D eigenvalue weighted by molar-refractivity contribution is -0.120. The van der Waals surface area contributed by atoms with Gasteiger partial charge >= 0.3 is 0 Å². The van der Waals surface area contributed by atoms with Crippen LogP contribution in [0.5, 0.6) is 5.75 Å². The lowest BCUT2D eigenvalue weighted by atomic mass is 10.1. The summed E-state index contributed by atoms with van der Waals surface area (Å²) >= 11 is 0. The third-order valence-corrected chi connectivity index (χ3v) is 3.57. The SMILES string of the molecule is COc1ccccc1C(=O)NCC(=O)NCCCc1ccccc1. The molecular formula is C19H22N2O3. The zero-order valence-corrected chi connectivity index (χ0v) is 13.7. The van der Waals surface area contributed by atoms with Crippen molar-refractivity contribution in [2.45, 2.75) is 12.8 Å². The Morgan fingerprint density at radius 2 is 1.67 bits per heavy atom. The Kier molecular flexibility index (Phi) is 6.83. The van der Waals surface area contributed by atoms with Gasteiger partial charge in [-0.25, -0.2) is 0 Å². The van der Waals surface area contributed by atoms with E-state index in [1.807, 2.05) is 18.2 Å². The molecule has 0 aliphatic rings. The molecule has 5 nitrogen and oxygen atoms in total. The minimum Gasteiger partial charge on any atom is -0.496 e. The molecule has 0 bridgehead atoms. The summed E-state index contributed by atoms with van der Waals surface area (Å²) in [6.07, 6.45) is 1.77. The van der Waals surface area contributed by atoms with E-state index in [4.69, 9.17) is 4.74 Å². The Bertz CT molecular complexity index is 671. The van der Waals surface area contributed by atoms with E-state index >= 15 is 0 Å². The molecule has 0 radical (unpaired) electrons. The zero-order chi connectivity index (χ0) is 17.2. The van der Waals surface area contributed by atoms with Gasteiger partial charge in [-0.15, -0.1) is 0 Å². The third-order valence-electron chi connectivity index (χ3n) is 3.57. The highest BCUT2D eigenvalue weighted by molar-refractivity contribution is 5.98. The van der Waals surface area contributed by atoms with Crippen molar-refractivity contribution >= 4 is 11.8 Å². The lowest BCUT2D eigenvalue weighted by Gasteiger charge is -2.09. The van der Waals surface area contributed by atoms with E-state index in [0.29, 0.717) is 17.9 Å². The van der Waals surface area contributed by atoms with E-state index in [2.05, 4.69) is 22.8 Å². The predicted molar refractivity (Wildman–Crippen MR) is 93.1 cm³/mol. The van der Waals surface area contributed by atoms with Gasteiger partial charge in [0.2, 0.25) is 5.91 Å². The second-order valence-corrected chi connectivity index (χ2v) is 5.32. The Morgan fingerprint density at radius 3 is 2.42 bits per heavy atom. The first-order valence-corrected chi connectivity index (χ1v) is 7.92. The molecule has 2 amide bonds. The van der Waals surface area contributed by atoms with Gasteiger partial charge in [-0.05, 0) is 30.5 Å². The Morgan fingerprint density at radius 1 is 0.958 bits per heavy atom. The summed E-state index contributed by atoms with van der Waals surface area (Å²) in [4.78, 5) is 23.9. The highest BCUT2D eigenvalue weighted by Gasteiger charge is 2.12. The first kappa shape index (κ1) is 17.5. The summed E-state index contributed by atoms with van der Waals surface area (Å²) in [5.41, 5.74) is 1.66. The van der Waals surface area contributed by atoms with Crippen LogP contribution in [-0.4, -0.2) is 32.0 Å². The highest BCUT2D eigenvalue weighted by atomic mass is 16.5. The number of carbonyl (C=O) groups is 2. The molecule has 0 aliphatic heterocycles. The average Bonchev–Trinajstić information content (AvgIpc) is 2.64. The molecule has 5 heteroatoms. The normalized spacial score (nSPS) is 10.0. The standard InChI is InChI=1S/C19H22N2O3/c1-24-17-12-6-5-11-16(17)19(23)21-14-18(22)20-13-7-10-15-8-3-2-4-9-15/h2-6,8-9,11-12H,7,10,13-14H2,1H3,(H,20,22)(H,21,23). The monoisotopic (exact) mass is 326 g/mol. The number of ether oxygens (including phenoxy) is 1. The molecule has 0 atom stereocenters. The molecule has 24 heavy (non-hydrogen) atoms. The van der Waals surface area contributed by atoms with Crippen LogP contribution in [0.15, 0.2) is 54.6 Å². The molecule has 0 unspecified atom stereocenters. The van der Waals surface area contributed by atoms with Crippen LogP contribution in [0.2, 0.25) is 0 Å². The number of rotatable bonds is 8. The summed E-state index contributed by atoms with van der Waals surface area (Å²) in [6, 6.07) is 17.0.